The molecular weight excluding hydrogens is 447 g/mol. The van der Waals surface area contributed by atoms with E-state index in [0.717, 1.165) is 12.3 Å². The standard InChI is InChI=1S/C21H24F3N3O4S/c1-13-6-16(9-20(28)29)8-18(7-13)32(30,31)27-14(2)11-26(12-15(27)3)19-5-4-17(10-25-19)21(22,23)24/h4-8,10,14-15H,9,11-12H2,1-3H3,(H,28,29)/t14-,15-/m0/s1. The quantitative estimate of drug-likeness (QED) is 0.720. The first-order chi connectivity index (χ1) is 14.8. The van der Waals surface area contributed by atoms with Gasteiger partial charge in [0.1, 0.15) is 5.82 Å². The number of hydrogen-bond donors (Lipinski definition) is 1. The third-order valence-electron chi connectivity index (χ3n) is 5.28. The Bertz CT molecular complexity index is 1090. The summed E-state index contributed by atoms with van der Waals surface area (Å²) in [5.74, 6) is -0.716. The topological polar surface area (TPSA) is 90.8 Å². The molecule has 1 fully saturated rings. The summed E-state index contributed by atoms with van der Waals surface area (Å²) in [6.07, 6.45) is -4.00. The Kier molecular flexibility index (Phi) is 6.52. The summed E-state index contributed by atoms with van der Waals surface area (Å²) in [7, 11) is -3.93. The Balaban J connectivity index is 1.85. The Morgan fingerprint density at radius 2 is 1.78 bits per heavy atom. The van der Waals surface area contributed by atoms with Crippen LogP contribution >= 0.6 is 0 Å². The first kappa shape index (κ1) is 24.0. The van der Waals surface area contributed by atoms with Gasteiger partial charge in [-0.05, 0) is 56.2 Å². The molecule has 2 heterocycles. The average molecular weight is 472 g/mol. The molecule has 174 valence electrons. The summed E-state index contributed by atoms with van der Waals surface area (Å²) >= 11 is 0. The van der Waals surface area contributed by atoms with Gasteiger partial charge in [-0.2, -0.15) is 17.5 Å². The zero-order valence-corrected chi connectivity index (χ0v) is 18.6. The number of aryl methyl sites for hydroxylation is 1. The number of carboxylic acid groups (broad SMARTS) is 1. The van der Waals surface area contributed by atoms with Crippen LogP contribution in [0.2, 0.25) is 0 Å². The molecule has 11 heteroatoms. The van der Waals surface area contributed by atoms with E-state index in [-0.39, 0.29) is 24.4 Å². The van der Waals surface area contributed by atoms with E-state index in [4.69, 9.17) is 5.11 Å². The molecule has 1 aromatic carbocycles. The molecule has 0 saturated carbocycles. The van der Waals surface area contributed by atoms with E-state index >= 15 is 0 Å². The van der Waals surface area contributed by atoms with E-state index in [1.165, 1.54) is 22.5 Å². The molecule has 7 nitrogen and oxygen atoms in total. The molecule has 1 aromatic heterocycles. The van der Waals surface area contributed by atoms with Crippen molar-refractivity contribution in [1.29, 1.82) is 0 Å². The summed E-state index contributed by atoms with van der Waals surface area (Å²) < 4.78 is 66.6. The fourth-order valence-electron chi connectivity index (χ4n) is 4.08. The van der Waals surface area contributed by atoms with Crippen LogP contribution in [0.5, 0.6) is 0 Å². The molecular formula is C21H24F3N3O4S. The highest BCUT2D eigenvalue weighted by molar-refractivity contribution is 7.89. The van der Waals surface area contributed by atoms with Crippen molar-refractivity contribution < 1.29 is 31.5 Å². The van der Waals surface area contributed by atoms with Gasteiger partial charge in [-0.3, -0.25) is 4.79 Å². The van der Waals surface area contributed by atoms with E-state index in [1.807, 2.05) is 0 Å². The van der Waals surface area contributed by atoms with Gasteiger partial charge in [0.25, 0.3) is 0 Å². The number of anilines is 1. The largest absolute Gasteiger partial charge is 0.481 e. The van der Waals surface area contributed by atoms with Crippen molar-refractivity contribution in [2.24, 2.45) is 0 Å². The number of halogens is 3. The number of piperazine rings is 1. The van der Waals surface area contributed by atoms with E-state index in [0.29, 0.717) is 16.9 Å². The molecule has 0 radical (unpaired) electrons. The first-order valence-electron chi connectivity index (χ1n) is 9.93. The third kappa shape index (κ3) is 5.04. The molecule has 3 rings (SSSR count). The maximum atomic E-state index is 13.4. The van der Waals surface area contributed by atoms with Gasteiger partial charge in [0.05, 0.1) is 16.9 Å². The minimum Gasteiger partial charge on any atom is -0.481 e. The maximum absolute atomic E-state index is 13.4. The lowest BCUT2D eigenvalue weighted by Crippen LogP contribution is -2.58. The van der Waals surface area contributed by atoms with Gasteiger partial charge in [-0.15, -0.1) is 0 Å². The normalized spacial score (nSPS) is 20.4. The molecule has 0 amide bonds. The van der Waals surface area contributed by atoms with E-state index in [1.54, 1.807) is 31.7 Å². The lowest BCUT2D eigenvalue weighted by atomic mass is 10.1. The van der Waals surface area contributed by atoms with E-state index < -0.39 is 39.8 Å². The predicted octanol–water partition coefficient (Wildman–Crippen LogP) is 3.32. The second-order valence-electron chi connectivity index (χ2n) is 8.07. The van der Waals surface area contributed by atoms with Crippen molar-refractivity contribution in [3.63, 3.8) is 0 Å². The zero-order valence-electron chi connectivity index (χ0n) is 17.8. The van der Waals surface area contributed by atoms with Crippen LogP contribution in [0.1, 0.15) is 30.5 Å². The van der Waals surface area contributed by atoms with Crippen molar-refractivity contribution in [2.45, 2.75) is 50.3 Å². The highest BCUT2D eigenvalue weighted by atomic mass is 32.2. The molecule has 0 spiro atoms. The number of carboxylic acids is 1. The predicted molar refractivity (Wildman–Crippen MR) is 112 cm³/mol. The number of carbonyl (C=O) groups is 1. The van der Waals surface area contributed by atoms with Crippen LogP contribution in [0.3, 0.4) is 0 Å². The molecule has 0 bridgehead atoms. The third-order valence-corrected chi connectivity index (χ3v) is 7.38. The highest BCUT2D eigenvalue weighted by Gasteiger charge is 2.39. The fourth-order valence-corrected chi connectivity index (χ4v) is 6.04. The molecule has 2 aromatic rings. The number of benzene rings is 1. The number of sulfonamides is 1. The summed E-state index contributed by atoms with van der Waals surface area (Å²) in [5.41, 5.74) is 0.180. The minimum absolute atomic E-state index is 0.0218. The Labute approximate surface area is 184 Å². The molecule has 1 saturated heterocycles. The molecule has 0 aliphatic carbocycles. The van der Waals surface area contributed by atoms with Crippen LogP contribution in [-0.2, 0) is 27.4 Å². The molecule has 1 N–H and O–H groups in total. The molecule has 0 unspecified atom stereocenters. The van der Waals surface area contributed by atoms with Crippen molar-refractivity contribution in [2.75, 3.05) is 18.0 Å². The molecule has 1 aliphatic heterocycles. The van der Waals surface area contributed by atoms with Crippen LogP contribution < -0.4 is 4.90 Å². The SMILES string of the molecule is Cc1cc(CC(=O)O)cc(S(=O)(=O)N2[C@@H](C)CN(c3ccc(C(F)(F)F)cn3)C[C@@H]2C)c1. The second-order valence-corrected chi connectivity index (χ2v) is 9.91. The number of nitrogens with zero attached hydrogens (tertiary/aromatic N) is 3. The Hall–Kier alpha value is -2.66. The number of aromatic nitrogens is 1. The summed E-state index contributed by atoms with van der Waals surface area (Å²) in [4.78, 5) is 16.8. The number of rotatable bonds is 5. The van der Waals surface area contributed by atoms with Crippen LogP contribution in [0.4, 0.5) is 19.0 Å². The molecule has 2 atom stereocenters. The maximum Gasteiger partial charge on any atom is 0.417 e. The smallest absolute Gasteiger partial charge is 0.417 e. The summed E-state index contributed by atoms with van der Waals surface area (Å²) in [5, 5.41) is 9.05. The second kappa shape index (κ2) is 8.70. The summed E-state index contributed by atoms with van der Waals surface area (Å²) in [6.45, 7) is 5.63. The number of alkyl halides is 3. The van der Waals surface area contributed by atoms with Gasteiger partial charge in [0, 0.05) is 31.4 Å². The fraction of sp³-hybridized carbons (Fsp3) is 0.429. The van der Waals surface area contributed by atoms with Gasteiger partial charge in [-0.25, -0.2) is 13.4 Å². The van der Waals surface area contributed by atoms with Crippen molar-refractivity contribution in [3.8, 4) is 0 Å². The Morgan fingerprint density at radius 1 is 1.16 bits per heavy atom. The van der Waals surface area contributed by atoms with Gasteiger partial charge in [0.15, 0.2) is 0 Å². The van der Waals surface area contributed by atoms with Gasteiger partial charge in [0.2, 0.25) is 10.0 Å². The van der Waals surface area contributed by atoms with Crippen molar-refractivity contribution in [3.05, 3.63) is 53.2 Å². The zero-order chi connectivity index (χ0) is 23.8. The lowest BCUT2D eigenvalue weighted by molar-refractivity contribution is -0.138. The van der Waals surface area contributed by atoms with Gasteiger partial charge < -0.3 is 10.0 Å². The van der Waals surface area contributed by atoms with Gasteiger partial charge >= 0.3 is 12.1 Å². The minimum atomic E-state index is -4.48. The van der Waals surface area contributed by atoms with E-state index in [9.17, 15) is 26.4 Å². The summed E-state index contributed by atoms with van der Waals surface area (Å²) in [6, 6.07) is 5.77. The molecule has 1 aliphatic rings. The number of pyridine rings is 1. The van der Waals surface area contributed by atoms with Crippen LogP contribution in [0.15, 0.2) is 41.4 Å². The van der Waals surface area contributed by atoms with Crippen molar-refractivity contribution in [1.82, 2.24) is 9.29 Å². The van der Waals surface area contributed by atoms with Crippen LogP contribution in [0, 0.1) is 6.92 Å². The number of hydrogen-bond acceptors (Lipinski definition) is 5. The van der Waals surface area contributed by atoms with Crippen molar-refractivity contribution >= 4 is 21.8 Å². The van der Waals surface area contributed by atoms with Crippen LogP contribution in [-0.4, -0.2) is 54.0 Å². The first-order valence-corrected chi connectivity index (χ1v) is 11.4. The van der Waals surface area contributed by atoms with Gasteiger partial charge in [-0.1, -0.05) is 6.07 Å². The molecule has 32 heavy (non-hydrogen) atoms. The number of aliphatic carboxylic acids is 1. The van der Waals surface area contributed by atoms with Crippen LogP contribution in [0.25, 0.3) is 0 Å². The van der Waals surface area contributed by atoms with E-state index in [2.05, 4.69) is 4.98 Å². The monoisotopic (exact) mass is 471 g/mol. The Morgan fingerprint density at radius 3 is 2.28 bits per heavy atom. The lowest BCUT2D eigenvalue weighted by Gasteiger charge is -2.43. The average Bonchev–Trinajstić information content (AvgIpc) is 2.65. The highest BCUT2D eigenvalue weighted by Crippen LogP contribution is 2.31.